The molecule has 2 heterocycles. The van der Waals surface area contributed by atoms with Gasteiger partial charge >= 0.3 is 0 Å². The van der Waals surface area contributed by atoms with Crippen LogP contribution in [-0.2, 0) is 0 Å². The van der Waals surface area contributed by atoms with Gasteiger partial charge in [-0.2, -0.15) is 5.10 Å². The summed E-state index contributed by atoms with van der Waals surface area (Å²) in [5.41, 5.74) is 9.01. The maximum absolute atomic E-state index is 5.79. The van der Waals surface area contributed by atoms with Gasteiger partial charge in [0.15, 0.2) is 5.82 Å². The van der Waals surface area contributed by atoms with Gasteiger partial charge in [-0.05, 0) is 31.5 Å². The van der Waals surface area contributed by atoms with Gasteiger partial charge in [-0.25, -0.2) is 0 Å². The van der Waals surface area contributed by atoms with Gasteiger partial charge in [0.1, 0.15) is 0 Å². The number of hydrogen-bond acceptors (Lipinski definition) is 4. The molecule has 0 atom stereocenters. The highest BCUT2D eigenvalue weighted by atomic mass is 15.1. The standard InChI is InChI=1S/C10H14N4/c1-7-6-9(10(11)14-13-7)8-2-4-12-5-3-8/h2,6,12H,3-5H2,1H3,(H2,11,14). The molecule has 1 aromatic rings. The zero-order valence-electron chi connectivity index (χ0n) is 8.25. The van der Waals surface area contributed by atoms with Crippen LogP contribution in [-0.4, -0.2) is 23.3 Å². The van der Waals surface area contributed by atoms with Crippen molar-refractivity contribution in [1.29, 1.82) is 0 Å². The highest BCUT2D eigenvalue weighted by Gasteiger charge is 2.10. The topological polar surface area (TPSA) is 63.8 Å². The number of nitrogens with one attached hydrogen (secondary N) is 1. The van der Waals surface area contributed by atoms with Gasteiger partial charge in [0.05, 0.1) is 5.69 Å². The van der Waals surface area contributed by atoms with Crippen molar-refractivity contribution >= 4 is 11.4 Å². The molecule has 3 N–H and O–H groups in total. The SMILES string of the molecule is Cc1cc(C2=CCNCC2)c(N)nn1. The third-order valence-electron chi connectivity index (χ3n) is 2.35. The molecular formula is C10H14N4. The van der Waals surface area contributed by atoms with Crippen molar-refractivity contribution in [2.75, 3.05) is 18.8 Å². The van der Waals surface area contributed by atoms with Crippen molar-refractivity contribution in [1.82, 2.24) is 15.5 Å². The lowest BCUT2D eigenvalue weighted by Gasteiger charge is -2.15. The number of aromatic nitrogens is 2. The number of nitrogens with two attached hydrogens (primary N) is 1. The van der Waals surface area contributed by atoms with Crippen LogP contribution in [0.2, 0.25) is 0 Å². The Bertz CT molecular complexity index is 370. The summed E-state index contributed by atoms with van der Waals surface area (Å²) in [5.74, 6) is 0.531. The van der Waals surface area contributed by atoms with Crippen molar-refractivity contribution in [3.63, 3.8) is 0 Å². The van der Waals surface area contributed by atoms with Crippen LogP contribution in [0.1, 0.15) is 17.7 Å². The predicted molar refractivity (Wildman–Crippen MR) is 56.6 cm³/mol. The number of hydrogen-bond donors (Lipinski definition) is 2. The monoisotopic (exact) mass is 190 g/mol. The molecule has 14 heavy (non-hydrogen) atoms. The van der Waals surface area contributed by atoms with Crippen molar-refractivity contribution in [3.05, 3.63) is 23.4 Å². The van der Waals surface area contributed by atoms with Gasteiger partial charge < -0.3 is 11.1 Å². The molecule has 0 aliphatic carbocycles. The molecule has 74 valence electrons. The average Bonchev–Trinajstić information content (AvgIpc) is 2.23. The zero-order chi connectivity index (χ0) is 9.97. The second-order valence-corrected chi connectivity index (χ2v) is 3.47. The maximum Gasteiger partial charge on any atom is 0.153 e. The van der Waals surface area contributed by atoms with Gasteiger partial charge in [-0.15, -0.1) is 5.10 Å². The van der Waals surface area contributed by atoms with E-state index in [-0.39, 0.29) is 0 Å². The van der Waals surface area contributed by atoms with E-state index in [2.05, 4.69) is 21.6 Å². The van der Waals surface area contributed by atoms with Crippen molar-refractivity contribution in [2.24, 2.45) is 0 Å². The molecule has 1 aliphatic heterocycles. The summed E-state index contributed by atoms with van der Waals surface area (Å²) < 4.78 is 0. The lowest BCUT2D eigenvalue weighted by atomic mass is 10.0. The molecule has 0 aromatic carbocycles. The highest BCUT2D eigenvalue weighted by molar-refractivity contribution is 5.73. The van der Waals surface area contributed by atoms with Gasteiger partial charge in [-0.1, -0.05) is 6.08 Å². The maximum atomic E-state index is 5.79. The predicted octanol–water partition coefficient (Wildman–Crippen LogP) is 0.744. The molecule has 0 bridgehead atoms. The van der Waals surface area contributed by atoms with Crippen LogP contribution in [0, 0.1) is 6.92 Å². The first-order valence-electron chi connectivity index (χ1n) is 4.77. The lowest BCUT2D eigenvalue weighted by molar-refractivity contribution is 0.738. The van der Waals surface area contributed by atoms with E-state index in [1.165, 1.54) is 5.57 Å². The summed E-state index contributed by atoms with van der Waals surface area (Å²) in [4.78, 5) is 0. The van der Waals surface area contributed by atoms with Gasteiger partial charge in [0, 0.05) is 12.1 Å². The second-order valence-electron chi connectivity index (χ2n) is 3.47. The Balaban J connectivity index is 2.39. The quantitative estimate of drug-likeness (QED) is 0.685. The van der Waals surface area contributed by atoms with Crippen LogP contribution in [0.25, 0.3) is 5.57 Å². The smallest absolute Gasteiger partial charge is 0.153 e. The molecular weight excluding hydrogens is 176 g/mol. The van der Waals surface area contributed by atoms with E-state index in [1.807, 2.05) is 13.0 Å². The van der Waals surface area contributed by atoms with E-state index in [9.17, 15) is 0 Å². The minimum Gasteiger partial charge on any atom is -0.382 e. The van der Waals surface area contributed by atoms with E-state index in [0.717, 1.165) is 30.8 Å². The molecule has 0 saturated heterocycles. The summed E-state index contributed by atoms with van der Waals surface area (Å²) in [6.45, 7) is 3.85. The number of nitrogen functional groups attached to an aromatic ring is 1. The van der Waals surface area contributed by atoms with Crippen LogP contribution in [0.5, 0.6) is 0 Å². The molecule has 0 radical (unpaired) electrons. The van der Waals surface area contributed by atoms with Gasteiger partial charge in [0.25, 0.3) is 0 Å². The van der Waals surface area contributed by atoms with E-state index >= 15 is 0 Å². The fourth-order valence-electron chi connectivity index (χ4n) is 1.62. The largest absolute Gasteiger partial charge is 0.382 e. The zero-order valence-corrected chi connectivity index (χ0v) is 8.25. The Labute approximate surface area is 83.2 Å². The summed E-state index contributed by atoms with van der Waals surface area (Å²) in [7, 11) is 0. The lowest BCUT2D eigenvalue weighted by Crippen LogP contribution is -2.20. The second kappa shape index (κ2) is 3.75. The third kappa shape index (κ3) is 1.75. The first kappa shape index (κ1) is 9.15. The molecule has 1 aliphatic rings. The summed E-state index contributed by atoms with van der Waals surface area (Å²) in [5, 5.41) is 11.1. The van der Waals surface area contributed by atoms with Crippen LogP contribution in [0.3, 0.4) is 0 Å². The fraction of sp³-hybridized carbons (Fsp3) is 0.400. The van der Waals surface area contributed by atoms with Crippen LogP contribution >= 0.6 is 0 Å². The molecule has 0 amide bonds. The van der Waals surface area contributed by atoms with Crippen molar-refractivity contribution in [2.45, 2.75) is 13.3 Å². The normalized spacial score (nSPS) is 16.5. The molecule has 1 aromatic heterocycles. The Kier molecular flexibility index (Phi) is 2.45. The van der Waals surface area contributed by atoms with Gasteiger partial charge in [-0.3, -0.25) is 0 Å². The highest BCUT2D eigenvalue weighted by Crippen LogP contribution is 2.23. The minimum atomic E-state index is 0.531. The molecule has 0 saturated carbocycles. The number of nitrogens with zero attached hydrogens (tertiary/aromatic N) is 2. The van der Waals surface area contributed by atoms with E-state index in [4.69, 9.17) is 5.73 Å². The molecule has 2 rings (SSSR count). The molecule has 4 nitrogen and oxygen atoms in total. The summed E-state index contributed by atoms with van der Waals surface area (Å²) in [6.07, 6.45) is 3.17. The molecule has 0 unspecified atom stereocenters. The minimum absolute atomic E-state index is 0.531. The Hall–Kier alpha value is -1.42. The number of aryl methyl sites for hydroxylation is 1. The first-order chi connectivity index (χ1) is 6.77. The number of rotatable bonds is 1. The molecule has 4 heteroatoms. The van der Waals surface area contributed by atoms with E-state index in [0.29, 0.717) is 5.82 Å². The summed E-state index contributed by atoms with van der Waals surface area (Å²) >= 11 is 0. The van der Waals surface area contributed by atoms with Crippen LogP contribution < -0.4 is 11.1 Å². The van der Waals surface area contributed by atoms with E-state index < -0.39 is 0 Å². The Morgan fingerprint density at radius 2 is 2.29 bits per heavy atom. The Morgan fingerprint density at radius 3 is 3.00 bits per heavy atom. The summed E-state index contributed by atoms with van der Waals surface area (Å²) in [6, 6.07) is 2.00. The van der Waals surface area contributed by atoms with Gasteiger partial charge in [0.2, 0.25) is 0 Å². The first-order valence-corrected chi connectivity index (χ1v) is 4.77. The van der Waals surface area contributed by atoms with Crippen LogP contribution in [0.4, 0.5) is 5.82 Å². The fourth-order valence-corrected chi connectivity index (χ4v) is 1.62. The van der Waals surface area contributed by atoms with Crippen molar-refractivity contribution in [3.8, 4) is 0 Å². The molecule has 0 fully saturated rings. The van der Waals surface area contributed by atoms with Crippen LogP contribution in [0.15, 0.2) is 12.1 Å². The van der Waals surface area contributed by atoms with E-state index in [1.54, 1.807) is 0 Å². The number of anilines is 1. The van der Waals surface area contributed by atoms with Crippen molar-refractivity contribution < 1.29 is 0 Å². The Morgan fingerprint density at radius 1 is 1.43 bits per heavy atom. The third-order valence-corrected chi connectivity index (χ3v) is 2.35. The molecule has 0 spiro atoms. The average molecular weight is 190 g/mol.